The minimum Gasteiger partial charge on any atom is -0.422 e. The number of aryl methyl sites for hydroxylation is 2. The van der Waals surface area contributed by atoms with Gasteiger partial charge in [0.2, 0.25) is 0 Å². The van der Waals surface area contributed by atoms with Crippen molar-refractivity contribution in [1.82, 2.24) is 5.43 Å². The SMILES string of the molecule is Cc1cc(C(=O)NN)cc(C)c1OC(=O)c1ccccc1Cl. The molecule has 0 fully saturated rings. The number of hydrogen-bond acceptors (Lipinski definition) is 4. The smallest absolute Gasteiger partial charge is 0.345 e. The quantitative estimate of drug-likeness (QED) is 0.300. The second-order valence-corrected chi connectivity index (χ2v) is 5.19. The molecule has 0 aliphatic carbocycles. The van der Waals surface area contributed by atoms with Gasteiger partial charge >= 0.3 is 5.97 Å². The summed E-state index contributed by atoms with van der Waals surface area (Å²) in [6, 6.07) is 9.85. The monoisotopic (exact) mass is 318 g/mol. The van der Waals surface area contributed by atoms with Gasteiger partial charge in [0.25, 0.3) is 5.91 Å². The van der Waals surface area contributed by atoms with Gasteiger partial charge in [0, 0.05) is 5.56 Å². The van der Waals surface area contributed by atoms with E-state index in [9.17, 15) is 9.59 Å². The molecule has 0 bridgehead atoms. The summed E-state index contributed by atoms with van der Waals surface area (Å²) in [6.45, 7) is 3.49. The van der Waals surface area contributed by atoms with Gasteiger partial charge in [-0.15, -0.1) is 0 Å². The number of rotatable bonds is 3. The standard InChI is InChI=1S/C16H15ClN2O3/c1-9-7-11(15(20)19-18)8-10(2)14(9)22-16(21)12-5-3-4-6-13(12)17/h3-8H,18H2,1-2H3,(H,19,20). The van der Waals surface area contributed by atoms with Crippen LogP contribution in [0.25, 0.3) is 0 Å². The molecule has 0 aliphatic heterocycles. The largest absolute Gasteiger partial charge is 0.422 e. The van der Waals surface area contributed by atoms with Gasteiger partial charge in [-0.05, 0) is 49.2 Å². The molecule has 2 aromatic rings. The van der Waals surface area contributed by atoms with Crippen molar-refractivity contribution in [3.05, 3.63) is 63.7 Å². The summed E-state index contributed by atoms with van der Waals surface area (Å²) in [7, 11) is 0. The molecule has 6 heteroatoms. The van der Waals surface area contributed by atoms with Gasteiger partial charge in [-0.2, -0.15) is 0 Å². The third-order valence-corrected chi connectivity index (χ3v) is 3.47. The lowest BCUT2D eigenvalue weighted by atomic mass is 10.1. The Morgan fingerprint density at radius 1 is 1.14 bits per heavy atom. The van der Waals surface area contributed by atoms with Crippen molar-refractivity contribution in [2.24, 2.45) is 5.84 Å². The topological polar surface area (TPSA) is 81.4 Å². The summed E-state index contributed by atoms with van der Waals surface area (Å²) in [5, 5.41) is 0.321. The molecule has 0 aliphatic rings. The van der Waals surface area contributed by atoms with Crippen LogP contribution in [0, 0.1) is 13.8 Å². The van der Waals surface area contributed by atoms with Gasteiger partial charge in [0.15, 0.2) is 0 Å². The van der Waals surface area contributed by atoms with E-state index >= 15 is 0 Å². The summed E-state index contributed by atoms with van der Waals surface area (Å²) < 4.78 is 5.42. The van der Waals surface area contributed by atoms with Gasteiger partial charge in [-0.3, -0.25) is 10.2 Å². The maximum atomic E-state index is 12.2. The Bertz CT molecular complexity index is 721. The number of hydrazine groups is 1. The van der Waals surface area contributed by atoms with Crippen molar-refractivity contribution in [2.45, 2.75) is 13.8 Å². The molecule has 0 saturated carbocycles. The fraction of sp³-hybridized carbons (Fsp3) is 0.125. The van der Waals surface area contributed by atoms with Crippen LogP contribution >= 0.6 is 11.6 Å². The predicted octanol–water partition coefficient (Wildman–Crippen LogP) is 2.78. The first-order valence-corrected chi connectivity index (χ1v) is 6.90. The molecule has 0 radical (unpaired) electrons. The summed E-state index contributed by atoms with van der Waals surface area (Å²) in [6.07, 6.45) is 0. The molecular formula is C16H15ClN2O3. The van der Waals surface area contributed by atoms with Crippen LogP contribution in [0.15, 0.2) is 36.4 Å². The minimum atomic E-state index is -0.548. The predicted molar refractivity (Wildman–Crippen MR) is 84.0 cm³/mol. The summed E-state index contributed by atoms with van der Waals surface area (Å²) >= 11 is 5.98. The molecule has 0 spiro atoms. The van der Waals surface area contributed by atoms with Crippen molar-refractivity contribution in [2.75, 3.05) is 0 Å². The highest BCUT2D eigenvalue weighted by molar-refractivity contribution is 6.33. The van der Waals surface area contributed by atoms with Crippen LogP contribution in [0.5, 0.6) is 5.75 Å². The Morgan fingerprint density at radius 3 is 2.27 bits per heavy atom. The zero-order chi connectivity index (χ0) is 16.3. The van der Waals surface area contributed by atoms with E-state index in [1.54, 1.807) is 50.2 Å². The number of esters is 1. The Kier molecular flexibility index (Phi) is 4.80. The molecule has 0 saturated heterocycles. The second kappa shape index (κ2) is 6.60. The first-order chi connectivity index (χ1) is 10.4. The molecule has 3 N–H and O–H groups in total. The Morgan fingerprint density at radius 2 is 1.73 bits per heavy atom. The van der Waals surface area contributed by atoms with E-state index in [1.165, 1.54) is 0 Å². The average molecular weight is 319 g/mol. The molecule has 5 nitrogen and oxygen atoms in total. The Labute approximate surface area is 133 Å². The van der Waals surface area contributed by atoms with Gasteiger partial charge in [0.1, 0.15) is 5.75 Å². The lowest BCUT2D eigenvalue weighted by Gasteiger charge is -2.13. The number of nitrogens with two attached hydrogens (primary N) is 1. The molecule has 1 amide bonds. The molecule has 114 valence electrons. The highest BCUT2D eigenvalue weighted by Crippen LogP contribution is 2.27. The molecule has 2 aromatic carbocycles. The average Bonchev–Trinajstić information content (AvgIpc) is 2.50. The lowest BCUT2D eigenvalue weighted by Crippen LogP contribution is -2.30. The molecule has 0 aromatic heterocycles. The number of nitrogen functional groups attached to an aromatic ring is 1. The van der Waals surface area contributed by atoms with Crippen LogP contribution in [0.2, 0.25) is 5.02 Å². The van der Waals surface area contributed by atoms with Gasteiger partial charge in [-0.1, -0.05) is 23.7 Å². The van der Waals surface area contributed by atoms with E-state index in [0.717, 1.165) is 0 Å². The van der Waals surface area contributed by atoms with E-state index in [0.29, 0.717) is 27.5 Å². The van der Waals surface area contributed by atoms with E-state index in [-0.39, 0.29) is 5.56 Å². The molecule has 0 heterocycles. The number of amides is 1. The number of hydrogen-bond donors (Lipinski definition) is 2. The van der Waals surface area contributed by atoms with Crippen LogP contribution in [-0.4, -0.2) is 11.9 Å². The third-order valence-electron chi connectivity index (χ3n) is 3.14. The summed E-state index contributed by atoms with van der Waals surface area (Å²) in [4.78, 5) is 23.8. The minimum absolute atomic E-state index is 0.284. The first-order valence-electron chi connectivity index (χ1n) is 6.53. The number of benzene rings is 2. The lowest BCUT2D eigenvalue weighted by molar-refractivity contribution is 0.0732. The highest BCUT2D eigenvalue weighted by atomic mass is 35.5. The molecule has 0 atom stereocenters. The number of ether oxygens (including phenoxy) is 1. The summed E-state index contributed by atoms with van der Waals surface area (Å²) in [5.41, 5.74) is 4.05. The first kappa shape index (κ1) is 16.0. The van der Waals surface area contributed by atoms with Crippen molar-refractivity contribution in [3.63, 3.8) is 0 Å². The fourth-order valence-electron chi connectivity index (χ4n) is 2.10. The van der Waals surface area contributed by atoms with Crippen LogP contribution in [0.4, 0.5) is 0 Å². The molecule has 0 unspecified atom stereocenters. The Hall–Kier alpha value is -2.37. The van der Waals surface area contributed by atoms with Gasteiger partial charge in [-0.25, -0.2) is 10.6 Å². The van der Waals surface area contributed by atoms with Gasteiger partial charge in [0.05, 0.1) is 10.6 Å². The van der Waals surface area contributed by atoms with E-state index < -0.39 is 11.9 Å². The van der Waals surface area contributed by atoms with Crippen molar-refractivity contribution in [3.8, 4) is 5.75 Å². The van der Waals surface area contributed by atoms with Crippen molar-refractivity contribution >= 4 is 23.5 Å². The fourth-order valence-corrected chi connectivity index (χ4v) is 2.31. The van der Waals surface area contributed by atoms with Crippen LogP contribution in [0.3, 0.4) is 0 Å². The van der Waals surface area contributed by atoms with E-state index in [4.69, 9.17) is 22.2 Å². The number of carbonyl (C=O) groups excluding carboxylic acids is 2. The number of nitrogens with one attached hydrogen (secondary N) is 1. The number of carbonyl (C=O) groups is 2. The van der Waals surface area contributed by atoms with Crippen molar-refractivity contribution in [1.29, 1.82) is 0 Å². The van der Waals surface area contributed by atoms with E-state index in [2.05, 4.69) is 5.43 Å². The normalized spacial score (nSPS) is 10.2. The highest BCUT2D eigenvalue weighted by Gasteiger charge is 2.17. The number of halogens is 1. The van der Waals surface area contributed by atoms with Crippen LogP contribution in [-0.2, 0) is 0 Å². The molecule has 22 heavy (non-hydrogen) atoms. The van der Waals surface area contributed by atoms with Crippen LogP contribution in [0.1, 0.15) is 31.8 Å². The van der Waals surface area contributed by atoms with Gasteiger partial charge < -0.3 is 4.74 Å². The summed E-state index contributed by atoms with van der Waals surface area (Å²) in [5.74, 6) is 4.56. The maximum Gasteiger partial charge on any atom is 0.345 e. The third kappa shape index (κ3) is 3.27. The Balaban J connectivity index is 2.33. The van der Waals surface area contributed by atoms with Crippen LogP contribution < -0.4 is 16.0 Å². The molecule has 2 rings (SSSR count). The maximum absolute atomic E-state index is 12.2. The zero-order valence-corrected chi connectivity index (χ0v) is 12.9. The zero-order valence-electron chi connectivity index (χ0n) is 12.1. The van der Waals surface area contributed by atoms with Crippen molar-refractivity contribution < 1.29 is 14.3 Å². The molecular weight excluding hydrogens is 304 g/mol. The second-order valence-electron chi connectivity index (χ2n) is 4.78. The van der Waals surface area contributed by atoms with E-state index in [1.807, 2.05) is 0 Å².